The molecule has 3 aromatic carbocycles. The summed E-state index contributed by atoms with van der Waals surface area (Å²) in [7, 11) is -2.88. The maximum atomic E-state index is 14.9. The van der Waals surface area contributed by atoms with E-state index in [0.717, 1.165) is 16.9 Å². The predicted octanol–water partition coefficient (Wildman–Crippen LogP) is 4.99. The summed E-state index contributed by atoms with van der Waals surface area (Å²) in [6.45, 7) is 6.32. The lowest BCUT2D eigenvalue weighted by atomic mass is 9.82. The van der Waals surface area contributed by atoms with Crippen molar-refractivity contribution in [3.8, 4) is 0 Å². The van der Waals surface area contributed by atoms with Crippen molar-refractivity contribution in [2.24, 2.45) is 5.92 Å². The molecule has 0 radical (unpaired) electrons. The van der Waals surface area contributed by atoms with Crippen molar-refractivity contribution in [1.29, 1.82) is 0 Å². The Morgan fingerprint density at radius 2 is 1.72 bits per heavy atom. The number of aryl methyl sites for hydroxylation is 2. The Kier molecular flexibility index (Phi) is 7.67. The largest absolute Gasteiger partial charge is 0.432 e. The van der Waals surface area contributed by atoms with Gasteiger partial charge in [0, 0.05) is 60.6 Å². The lowest BCUT2D eigenvalue weighted by Crippen LogP contribution is -2.45. The van der Waals surface area contributed by atoms with Crippen molar-refractivity contribution >= 4 is 42.9 Å². The van der Waals surface area contributed by atoms with Crippen LogP contribution in [0.3, 0.4) is 0 Å². The van der Waals surface area contributed by atoms with Gasteiger partial charge in [0.1, 0.15) is 0 Å². The molecule has 1 spiro atoms. The van der Waals surface area contributed by atoms with Crippen molar-refractivity contribution in [1.82, 2.24) is 15.0 Å². The van der Waals surface area contributed by atoms with Crippen molar-refractivity contribution < 1.29 is 24.2 Å². The molecule has 1 fully saturated rings. The lowest BCUT2D eigenvalue weighted by molar-refractivity contribution is -0.145. The smallest absolute Gasteiger partial charge is 0.268 e. The van der Waals surface area contributed by atoms with Gasteiger partial charge in [0.2, 0.25) is 5.91 Å². The SMILES string of the molecule is C[C@H]1[C@H]([Si](C)(C)O)[C@@H](CCn2cc(CCO)nn2)O[C@]12C(=O)N(c1ccccc1)c1ccc(N3C(=O)CCc4ccccc43)cc12. The van der Waals surface area contributed by atoms with Gasteiger partial charge in [-0.15, -0.1) is 5.10 Å². The van der Waals surface area contributed by atoms with Gasteiger partial charge in [-0.25, -0.2) is 0 Å². The first-order valence-electron chi connectivity index (χ1n) is 16.0. The van der Waals surface area contributed by atoms with E-state index >= 15 is 0 Å². The van der Waals surface area contributed by atoms with E-state index in [1.165, 1.54) is 0 Å². The Morgan fingerprint density at radius 1 is 0.957 bits per heavy atom. The van der Waals surface area contributed by atoms with Gasteiger partial charge >= 0.3 is 0 Å². The minimum atomic E-state index is -2.88. The van der Waals surface area contributed by atoms with E-state index in [9.17, 15) is 19.5 Å². The van der Waals surface area contributed by atoms with Gasteiger partial charge in [0.15, 0.2) is 13.9 Å². The van der Waals surface area contributed by atoms with Crippen LogP contribution in [0.2, 0.25) is 18.6 Å². The number of anilines is 4. The summed E-state index contributed by atoms with van der Waals surface area (Å²) in [6.07, 6.45) is 3.41. The van der Waals surface area contributed by atoms with Crippen molar-refractivity contribution in [3.63, 3.8) is 0 Å². The molecule has 4 heterocycles. The van der Waals surface area contributed by atoms with Gasteiger partial charge in [-0.1, -0.05) is 48.5 Å². The molecular weight excluding hydrogens is 599 g/mol. The number of aliphatic hydroxyl groups excluding tert-OH is 1. The maximum absolute atomic E-state index is 14.9. The fraction of sp³-hybridized carbons (Fsp3) is 0.371. The molecule has 0 bridgehead atoms. The second kappa shape index (κ2) is 11.6. The molecule has 46 heavy (non-hydrogen) atoms. The van der Waals surface area contributed by atoms with Crippen LogP contribution in [0, 0.1) is 5.92 Å². The third kappa shape index (κ3) is 4.89. The van der Waals surface area contributed by atoms with E-state index in [-0.39, 0.29) is 29.9 Å². The summed E-state index contributed by atoms with van der Waals surface area (Å²) in [5.74, 6) is -0.546. The van der Waals surface area contributed by atoms with Crippen molar-refractivity contribution in [2.75, 3.05) is 16.4 Å². The van der Waals surface area contributed by atoms with Crippen molar-refractivity contribution in [3.05, 3.63) is 95.8 Å². The number of nitrogens with zero attached hydrogens (tertiary/aromatic N) is 5. The summed E-state index contributed by atoms with van der Waals surface area (Å²) >= 11 is 0. The molecule has 11 heteroatoms. The lowest BCUT2D eigenvalue weighted by Gasteiger charge is -2.33. The molecule has 0 aliphatic carbocycles. The highest BCUT2D eigenvalue weighted by atomic mass is 28.4. The Balaban J connectivity index is 1.34. The number of para-hydroxylation sites is 2. The number of aliphatic hydroxyl groups is 1. The predicted molar refractivity (Wildman–Crippen MR) is 177 cm³/mol. The molecule has 7 rings (SSSR count). The number of rotatable bonds is 8. The zero-order valence-electron chi connectivity index (χ0n) is 26.3. The Morgan fingerprint density at radius 3 is 2.48 bits per heavy atom. The number of ether oxygens (including phenoxy) is 1. The third-order valence-corrected chi connectivity index (χ3v) is 12.3. The first-order chi connectivity index (χ1) is 22.1. The van der Waals surface area contributed by atoms with Gasteiger partial charge in [-0.05, 0) is 67.9 Å². The maximum Gasteiger partial charge on any atom is 0.268 e. The quantitative estimate of drug-likeness (QED) is 0.261. The Hall–Kier alpha value is -4.16. The van der Waals surface area contributed by atoms with Crippen LogP contribution in [-0.2, 0) is 39.3 Å². The summed E-state index contributed by atoms with van der Waals surface area (Å²) in [6, 6.07) is 23.3. The summed E-state index contributed by atoms with van der Waals surface area (Å²) < 4.78 is 8.77. The Bertz CT molecular complexity index is 1790. The first kappa shape index (κ1) is 30.5. The molecule has 3 aliphatic rings. The second-order valence-electron chi connectivity index (χ2n) is 13.1. The average molecular weight is 638 g/mol. The van der Waals surface area contributed by atoms with Crippen LogP contribution in [0.4, 0.5) is 22.7 Å². The van der Waals surface area contributed by atoms with E-state index in [4.69, 9.17) is 4.74 Å². The molecule has 2 amide bonds. The first-order valence-corrected chi connectivity index (χ1v) is 19.0. The highest BCUT2D eigenvalue weighted by molar-refractivity contribution is 6.71. The number of hydrogen-bond donors (Lipinski definition) is 2. The second-order valence-corrected chi connectivity index (χ2v) is 17.1. The number of fused-ring (bicyclic) bond motifs is 3. The molecule has 3 aliphatic heterocycles. The van der Waals surface area contributed by atoms with Gasteiger partial charge in [0.05, 0.1) is 23.2 Å². The zero-order chi connectivity index (χ0) is 32.2. The van der Waals surface area contributed by atoms with Crippen LogP contribution in [0.15, 0.2) is 79.0 Å². The number of hydrogen-bond acceptors (Lipinski definition) is 7. The van der Waals surface area contributed by atoms with Crippen LogP contribution in [0.5, 0.6) is 0 Å². The monoisotopic (exact) mass is 637 g/mol. The average Bonchev–Trinajstić information content (AvgIpc) is 3.69. The van der Waals surface area contributed by atoms with Crippen LogP contribution >= 0.6 is 0 Å². The van der Waals surface area contributed by atoms with Gasteiger partial charge in [0.25, 0.3) is 5.91 Å². The molecule has 10 nitrogen and oxygen atoms in total. The van der Waals surface area contributed by atoms with E-state index in [0.29, 0.717) is 54.9 Å². The third-order valence-electron chi connectivity index (χ3n) is 9.83. The molecule has 4 aromatic rings. The zero-order valence-corrected chi connectivity index (χ0v) is 27.3. The van der Waals surface area contributed by atoms with Gasteiger partial charge < -0.3 is 14.6 Å². The summed E-state index contributed by atoms with van der Waals surface area (Å²) in [5, 5.41) is 17.7. The molecule has 1 aromatic heterocycles. The summed E-state index contributed by atoms with van der Waals surface area (Å²) in [4.78, 5) is 43.6. The van der Waals surface area contributed by atoms with Gasteiger partial charge in [-0.3, -0.25) is 24.1 Å². The normalized spacial score (nSPS) is 24.2. The number of aromatic nitrogens is 3. The minimum absolute atomic E-state index is 0.00498. The highest BCUT2D eigenvalue weighted by Crippen LogP contribution is 2.61. The van der Waals surface area contributed by atoms with Crippen LogP contribution in [-0.4, -0.2) is 57.7 Å². The van der Waals surface area contributed by atoms with E-state index in [1.807, 2.05) is 92.9 Å². The number of carbonyl (C=O) groups is 2. The van der Waals surface area contributed by atoms with Crippen LogP contribution in [0.1, 0.15) is 36.6 Å². The number of benzene rings is 3. The topological polar surface area (TPSA) is 121 Å². The minimum Gasteiger partial charge on any atom is -0.432 e. The van der Waals surface area contributed by atoms with Gasteiger partial charge in [-0.2, -0.15) is 0 Å². The fourth-order valence-corrected chi connectivity index (χ4v) is 10.5. The van der Waals surface area contributed by atoms with E-state index < -0.39 is 20.0 Å². The molecule has 0 unspecified atom stereocenters. The molecule has 2 N–H and O–H groups in total. The van der Waals surface area contributed by atoms with E-state index in [2.05, 4.69) is 16.4 Å². The van der Waals surface area contributed by atoms with Crippen LogP contribution < -0.4 is 9.80 Å². The Labute approximate surface area is 269 Å². The van der Waals surface area contributed by atoms with Crippen molar-refractivity contribution in [2.45, 2.75) is 69.5 Å². The van der Waals surface area contributed by atoms with E-state index in [1.54, 1.807) is 14.5 Å². The fourth-order valence-electron chi connectivity index (χ4n) is 7.88. The molecule has 1 saturated heterocycles. The summed E-state index contributed by atoms with van der Waals surface area (Å²) in [5.41, 5.74) is 3.87. The molecule has 0 saturated carbocycles. The number of amides is 2. The molecule has 238 valence electrons. The highest BCUT2D eigenvalue weighted by Gasteiger charge is 2.66. The van der Waals surface area contributed by atoms with Crippen LogP contribution in [0.25, 0.3) is 0 Å². The molecule has 4 atom stereocenters. The standard InChI is InChI=1S/C35H39N5O5Si/c1-23-33(46(2,3)44)31(17-19-38-22-25(18-20-41)36-37-38)45-35(23)28-21-27(39-29-12-8-7-9-24(29)13-16-32(39)42)14-15-30(28)40(34(35)43)26-10-5-4-6-11-26/h4-12,14-15,21-23,31,33,41,44H,13,16-20H2,1-3H3/t23-,31+,33-,35+/m0/s1. The molecular formula is C35H39N5O5Si. The number of carbonyl (C=O) groups excluding carboxylic acids is 2.